The summed E-state index contributed by atoms with van der Waals surface area (Å²) in [6, 6.07) is 6.37. The Bertz CT molecular complexity index is 528. The second-order valence-electron chi connectivity index (χ2n) is 4.16. The number of hydrogen-bond acceptors (Lipinski definition) is 3. The van der Waals surface area contributed by atoms with Gasteiger partial charge in [-0.2, -0.15) is 0 Å². The molecule has 0 saturated carbocycles. The van der Waals surface area contributed by atoms with E-state index in [0.29, 0.717) is 6.42 Å². The SMILES string of the molecule is CCCC(Br)C(=O)NNS(=O)(=O)c1ccc(C)cc1. The quantitative estimate of drug-likeness (QED) is 0.608. The molecule has 2 N–H and O–H groups in total. The van der Waals surface area contributed by atoms with E-state index in [0.717, 1.165) is 12.0 Å². The third kappa shape index (κ3) is 4.93. The van der Waals surface area contributed by atoms with Crippen LogP contribution < -0.4 is 10.3 Å². The molecule has 5 nitrogen and oxygen atoms in total. The molecule has 0 aromatic heterocycles. The van der Waals surface area contributed by atoms with Gasteiger partial charge in [-0.3, -0.25) is 10.2 Å². The Balaban J connectivity index is 2.66. The van der Waals surface area contributed by atoms with Crippen molar-refractivity contribution in [1.82, 2.24) is 10.3 Å². The van der Waals surface area contributed by atoms with Crippen LogP contribution in [0.25, 0.3) is 0 Å². The highest BCUT2D eigenvalue weighted by atomic mass is 79.9. The maximum Gasteiger partial charge on any atom is 0.257 e. The van der Waals surface area contributed by atoms with Gasteiger partial charge in [0.2, 0.25) is 5.91 Å². The van der Waals surface area contributed by atoms with E-state index in [9.17, 15) is 13.2 Å². The van der Waals surface area contributed by atoms with Crippen molar-refractivity contribution < 1.29 is 13.2 Å². The van der Waals surface area contributed by atoms with Gasteiger partial charge in [-0.15, -0.1) is 4.83 Å². The zero-order valence-electron chi connectivity index (χ0n) is 10.8. The van der Waals surface area contributed by atoms with Gasteiger partial charge in [-0.25, -0.2) is 8.42 Å². The minimum atomic E-state index is -3.72. The molecule has 106 valence electrons. The van der Waals surface area contributed by atoms with Gasteiger partial charge in [0.1, 0.15) is 0 Å². The number of rotatable bonds is 6. The second kappa shape index (κ2) is 7.02. The molecule has 0 saturated heterocycles. The van der Waals surface area contributed by atoms with Crippen LogP contribution in [-0.2, 0) is 14.8 Å². The van der Waals surface area contributed by atoms with E-state index in [-0.39, 0.29) is 4.90 Å². The molecule has 0 spiro atoms. The van der Waals surface area contributed by atoms with Crippen molar-refractivity contribution in [1.29, 1.82) is 0 Å². The van der Waals surface area contributed by atoms with Crippen LogP contribution in [0.4, 0.5) is 0 Å². The first-order valence-corrected chi connectivity index (χ1v) is 8.29. The zero-order chi connectivity index (χ0) is 14.5. The number of benzene rings is 1. The van der Waals surface area contributed by atoms with Gasteiger partial charge in [0.15, 0.2) is 0 Å². The van der Waals surface area contributed by atoms with Gasteiger partial charge >= 0.3 is 0 Å². The lowest BCUT2D eigenvalue weighted by atomic mass is 10.2. The molecule has 0 fully saturated rings. The van der Waals surface area contributed by atoms with Crippen LogP contribution in [0.2, 0.25) is 0 Å². The van der Waals surface area contributed by atoms with Gasteiger partial charge in [-0.1, -0.05) is 47.0 Å². The van der Waals surface area contributed by atoms with Crippen molar-refractivity contribution >= 4 is 31.9 Å². The van der Waals surface area contributed by atoms with Crippen LogP contribution in [0.1, 0.15) is 25.3 Å². The van der Waals surface area contributed by atoms with Crippen LogP contribution in [0, 0.1) is 6.92 Å². The van der Waals surface area contributed by atoms with Gasteiger partial charge in [0.25, 0.3) is 10.0 Å². The molecule has 0 aliphatic heterocycles. The lowest BCUT2D eigenvalue weighted by molar-refractivity contribution is -0.121. The lowest BCUT2D eigenvalue weighted by Gasteiger charge is -2.11. The highest BCUT2D eigenvalue weighted by molar-refractivity contribution is 9.10. The molecule has 0 bridgehead atoms. The number of hydrogen-bond donors (Lipinski definition) is 2. The minimum absolute atomic E-state index is 0.111. The number of carbonyl (C=O) groups excluding carboxylic acids is 1. The average molecular weight is 349 g/mol. The monoisotopic (exact) mass is 348 g/mol. The maximum atomic E-state index is 11.9. The van der Waals surface area contributed by atoms with E-state index in [2.05, 4.69) is 26.2 Å². The molecule has 1 unspecified atom stereocenters. The van der Waals surface area contributed by atoms with Gasteiger partial charge in [-0.05, 0) is 25.5 Å². The number of amides is 1. The Labute approximate surface area is 121 Å². The fraction of sp³-hybridized carbons (Fsp3) is 0.417. The summed E-state index contributed by atoms with van der Waals surface area (Å²) >= 11 is 3.19. The molecule has 1 rings (SSSR count). The summed E-state index contributed by atoms with van der Waals surface area (Å²) in [5.41, 5.74) is 3.16. The highest BCUT2D eigenvalue weighted by Crippen LogP contribution is 2.10. The molecule has 0 aliphatic rings. The van der Waals surface area contributed by atoms with Gasteiger partial charge in [0.05, 0.1) is 9.72 Å². The van der Waals surface area contributed by atoms with E-state index in [1.807, 2.05) is 13.8 Å². The van der Waals surface area contributed by atoms with Crippen LogP contribution in [0.3, 0.4) is 0 Å². The standard InChI is InChI=1S/C12H17BrN2O3S/c1-3-4-11(13)12(16)14-15-19(17,18)10-7-5-9(2)6-8-10/h5-8,11,15H,3-4H2,1-2H3,(H,14,16). The van der Waals surface area contributed by atoms with E-state index in [1.54, 1.807) is 12.1 Å². The van der Waals surface area contributed by atoms with Crippen molar-refractivity contribution in [2.75, 3.05) is 0 Å². The Morgan fingerprint density at radius 1 is 1.32 bits per heavy atom. The van der Waals surface area contributed by atoms with Crippen molar-refractivity contribution in [3.05, 3.63) is 29.8 Å². The first kappa shape index (κ1) is 16.1. The first-order chi connectivity index (χ1) is 8.86. The van der Waals surface area contributed by atoms with Crippen molar-refractivity contribution in [2.24, 2.45) is 0 Å². The van der Waals surface area contributed by atoms with Crippen LogP contribution in [0.5, 0.6) is 0 Å². The Hall–Kier alpha value is -0.920. The van der Waals surface area contributed by atoms with E-state index < -0.39 is 20.8 Å². The fourth-order valence-corrected chi connectivity index (χ4v) is 2.78. The predicted octanol–water partition coefficient (Wildman–Crippen LogP) is 1.87. The molecule has 0 aliphatic carbocycles. The average Bonchev–Trinajstić information content (AvgIpc) is 2.37. The van der Waals surface area contributed by atoms with Crippen LogP contribution in [0.15, 0.2) is 29.2 Å². The Morgan fingerprint density at radius 3 is 2.42 bits per heavy atom. The molecule has 0 heterocycles. The number of hydrazine groups is 1. The molecule has 1 atom stereocenters. The normalized spacial score (nSPS) is 13.0. The van der Waals surface area contributed by atoms with E-state index >= 15 is 0 Å². The third-order valence-corrected chi connectivity index (χ3v) is 4.60. The summed E-state index contributed by atoms with van der Waals surface area (Å²) in [5, 5.41) is 0. The number of carbonyl (C=O) groups is 1. The number of aryl methyl sites for hydroxylation is 1. The van der Waals surface area contributed by atoms with E-state index in [1.165, 1.54) is 12.1 Å². The molecule has 19 heavy (non-hydrogen) atoms. The van der Waals surface area contributed by atoms with Crippen LogP contribution >= 0.6 is 15.9 Å². The minimum Gasteiger partial charge on any atom is -0.277 e. The second-order valence-corrected chi connectivity index (χ2v) is 6.95. The number of nitrogens with one attached hydrogen (secondary N) is 2. The number of alkyl halides is 1. The largest absolute Gasteiger partial charge is 0.277 e. The summed E-state index contributed by atoms with van der Waals surface area (Å²) in [6.07, 6.45) is 1.46. The zero-order valence-corrected chi connectivity index (χ0v) is 13.2. The third-order valence-electron chi connectivity index (χ3n) is 2.47. The summed E-state index contributed by atoms with van der Waals surface area (Å²) in [6.45, 7) is 3.81. The number of sulfonamides is 1. The lowest BCUT2D eigenvalue weighted by Crippen LogP contribution is -2.44. The smallest absolute Gasteiger partial charge is 0.257 e. The molecule has 0 radical (unpaired) electrons. The Kier molecular flexibility index (Phi) is 5.96. The molecular formula is C12H17BrN2O3S. The molecule has 1 amide bonds. The van der Waals surface area contributed by atoms with E-state index in [4.69, 9.17) is 0 Å². The fourth-order valence-electron chi connectivity index (χ4n) is 1.36. The molecule has 1 aromatic carbocycles. The summed E-state index contributed by atoms with van der Waals surface area (Å²) in [4.78, 5) is 13.4. The Morgan fingerprint density at radius 2 is 1.89 bits per heavy atom. The topological polar surface area (TPSA) is 75.3 Å². The first-order valence-electron chi connectivity index (χ1n) is 5.89. The van der Waals surface area contributed by atoms with Crippen LogP contribution in [-0.4, -0.2) is 19.2 Å². The summed E-state index contributed by atoms with van der Waals surface area (Å²) < 4.78 is 23.8. The molecule has 7 heteroatoms. The highest BCUT2D eigenvalue weighted by Gasteiger charge is 2.18. The van der Waals surface area contributed by atoms with Gasteiger partial charge in [0, 0.05) is 0 Å². The van der Waals surface area contributed by atoms with Crippen molar-refractivity contribution in [3.8, 4) is 0 Å². The van der Waals surface area contributed by atoms with Crippen molar-refractivity contribution in [2.45, 2.75) is 36.4 Å². The molecule has 1 aromatic rings. The van der Waals surface area contributed by atoms with Crippen molar-refractivity contribution in [3.63, 3.8) is 0 Å². The summed E-state index contributed by atoms with van der Waals surface area (Å²) in [5.74, 6) is -0.405. The van der Waals surface area contributed by atoms with Gasteiger partial charge < -0.3 is 0 Å². The number of halogens is 1. The molecular weight excluding hydrogens is 332 g/mol. The summed E-state index contributed by atoms with van der Waals surface area (Å²) in [7, 11) is -3.72. The predicted molar refractivity (Wildman–Crippen MR) is 77.3 cm³/mol. The maximum absolute atomic E-state index is 11.9.